The number of nitrogens with zero attached hydrogens (tertiary/aromatic N) is 3. The summed E-state index contributed by atoms with van der Waals surface area (Å²) in [6, 6.07) is 7.30. The second kappa shape index (κ2) is 6.35. The molecule has 19 heavy (non-hydrogen) atoms. The fourth-order valence-corrected chi connectivity index (χ4v) is 2.89. The Bertz CT molecular complexity index is 398. The van der Waals surface area contributed by atoms with E-state index in [1.54, 1.807) is 7.11 Å². The molecule has 1 aliphatic heterocycles. The Labute approximate surface area is 116 Å². The van der Waals surface area contributed by atoms with E-state index in [1.807, 2.05) is 13.0 Å². The molecule has 0 N–H and O–H groups in total. The van der Waals surface area contributed by atoms with Crippen molar-refractivity contribution in [2.24, 2.45) is 0 Å². The predicted octanol–water partition coefficient (Wildman–Crippen LogP) is 1.94. The number of pyridine rings is 1. The molecule has 2 atom stereocenters. The highest BCUT2D eigenvalue weighted by Crippen LogP contribution is 2.20. The van der Waals surface area contributed by atoms with Gasteiger partial charge in [0.2, 0.25) is 0 Å². The second-order valence-corrected chi connectivity index (χ2v) is 5.47. The lowest BCUT2D eigenvalue weighted by molar-refractivity contribution is 0.0844. The third kappa shape index (κ3) is 3.45. The second-order valence-electron chi connectivity index (χ2n) is 5.47. The Morgan fingerprint density at radius 3 is 2.53 bits per heavy atom. The maximum Gasteiger partial charge on any atom is 0.128 e. The number of rotatable bonds is 4. The summed E-state index contributed by atoms with van der Waals surface area (Å²) in [5.41, 5.74) is 1.08. The zero-order valence-corrected chi connectivity index (χ0v) is 12.5. The van der Waals surface area contributed by atoms with Crippen molar-refractivity contribution in [2.45, 2.75) is 32.9 Å². The highest BCUT2D eigenvalue weighted by Gasteiger charge is 2.29. The number of anilines is 1. The van der Waals surface area contributed by atoms with Crippen LogP contribution in [0, 0.1) is 6.92 Å². The first kappa shape index (κ1) is 14.3. The minimum absolute atomic E-state index is 0.529. The topological polar surface area (TPSA) is 28.6 Å². The predicted molar refractivity (Wildman–Crippen MR) is 78.7 cm³/mol. The summed E-state index contributed by atoms with van der Waals surface area (Å²) >= 11 is 0. The van der Waals surface area contributed by atoms with Crippen molar-refractivity contribution in [1.29, 1.82) is 0 Å². The summed E-state index contributed by atoms with van der Waals surface area (Å²) in [5.74, 6) is 1.10. The number of hydrogen-bond donors (Lipinski definition) is 0. The van der Waals surface area contributed by atoms with Gasteiger partial charge < -0.3 is 9.64 Å². The number of ether oxygens (including phenoxy) is 1. The van der Waals surface area contributed by atoms with Gasteiger partial charge in [-0.3, -0.25) is 4.90 Å². The van der Waals surface area contributed by atoms with Gasteiger partial charge in [0.1, 0.15) is 5.82 Å². The highest BCUT2D eigenvalue weighted by atomic mass is 16.5. The van der Waals surface area contributed by atoms with Crippen LogP contribution in [0.3, 0.4) is 0 Å². The first-order valence-electron chi connectivity index (χ1n) is 7.05. The van der Waals surface area contributed by atoms with Crippen molar-refractivity contribution < 1.29 is 4.74 Å². The highest BCUT2D eigenvalue weighted by molar-refractivity contribution is 5.40. The molecular formula is C15H25N3O. The molecule has 1 aromatic heterocycles. The molecule has 2 rings (SSSR count). The van der Waals surface area contributed by atoms with Gasteiger partial charge in [0, 0.05) is 44.5 Å². The van der Waals surface area contributed by atoms with Gasteiger partial charge in [0.25, 0.3) is 0 Å². The summed E-state index contributed by atoms with van der Waals surface area (Å²) in [5, 5.41) is 0. The third-order valence-electron chi connectivity index (χ3n) is 3.85. The summed E-state index contributed by atoms with van der Waals surface area (Å²) in [7, 11) is 1.77. The molecule has 4 heteroatoms. The van der Waals surface area contributed by atoms with E-state index in [2.05, 4.69) is 40.8 Å². The van der Waals surface area contributed by atoms with Crippen LogP contribution in [0.4, 0.5) is 5.82 Å². The van der Waals surface area contributed by atoms with Crippen molar-refractivity contribution in [3.63, 3.8) is 0 Å². The molecule has 1 fully saturated rings. The van der Waals surface area contributed by atoms with E-state index < -0.39 is 0 Å². The van der Waals surface area contributed by atoms with Crippen molar-refractivity contribution in [1.82, 2.24) is 9.88 Å². The van der Waals surface area contributed by atoms with Crippen LogP contribution >= 0.6 is 0 Å². The van der Waals surface area contributed by atoms with Gasteiger partial charge >= 0.3 is 0 Å². The lowest BCUT2D eigenvalue weighted by Gasteiger charge is -2.44. The maximum absolute atomic E-state index is 5.20. The normalized spacial score (nSPS) is 24.7. The molecule has 0 amide bonds. The molecular weight excluding hydrogens is 238 g/mol. The maximum atomic E-state index is 5.20. The van der Waals surface area contributed by atoms with Crippen LogP contribution in [-0.2, 0) is 4.74 Å². The fourth-order valence-electron chi connectivity index (χ4n) is 2.89. The summed E-state index contributed by atoms with van der Waals surface area (Å²) in [4.78, 5) is 9.55. The molecule has 0 radical (unpaired) electrons. The Hall–Kier alpha value is -1.13. The van der Waals surface area contributed by atoms with Crippen LogP contribution in [0.1, 0.15) is 19.5 Å². The number of aryl methyl sites for hydroxylation is 1. The standard InChI is InChI=1S/C15H25N3O/c1-12-6-5-7-15(16-12)17-10-13(2)18(8-9-19-4)14(3)11-17/h5-7,13-14H,8-11H2,1-4H3. The van der Waals surface area contributed by atoms with Crippen molar-refractivity contribution >= 4 is 5.82 Å². The summed E-state index contributed by atoms with van der Waals surface area (Å²) in [6.07, 6.45) is 0. The Morgan fingerprint density at radius 1 is 1.26 bits per heavy atom. The van der Waals surface area contributed by atoms with E-state index in [-0.39, 0.29) is 0 Å². The Morgan fingerprint density at radius 2 is 1.95 bits per heavy atom. The minimum atomic E-state index is 0.529. The molecule has 2 heterocycles. The van der Waals surface area contributed by atoms with Crippen LogP contribution in [0.15, 0.2) is 18.2 Å². The van der Waals surface area contributed by atoms with Crippen LogP contribution in [0.5, 0.6) is 0 Å². The van der Waals surface area contributed by atoms with E-state index in [0.29, 0.717) is 12.1 Å². The lowest BCUT2D eigenvalue weighted by Crippen LogP contribution is -2.57. The van der Waals surface area contributed by atoms with E-state index in [4.69, 9.17) is 4.74 Å². The fraction of sp³-hybridized carbons (Fsp3) is 0.667. The first-order chi connectivity index (χ1) is 9.11. The molecule has 0 aliphatic carbocycles. The molecule has 4 nitrogen and oxygen atoms in total. The Kier molecular flexibility index (Phi) is 4.77. The van der Waals surface area contributed by atoms with Gasteiger partial charge in [-0.1, -0.05) is 6.07 Å². The van der Waals surface area contributed by atoms with Gasteiger partial charge in [-0.2, -0.15) is 0 Å². The molecule has 0 aromatic carbocycles. The van der Waals surface area contributed by atoms with Crippen molar-refractivity contribution in [3.8, 4) is 0 Å². The van der Waals surface area contributed by atoms with Crippen molar-refractivity contribution in [3.05, 3.63) is 23.9 Å². The molecule has 106 valence electrons. The van der Waals surface area contributed by atoms with Gasteiger partial charge in [-0.25, -0.2) is 4.98 Å². The monoisotopic (exact) mass is 263 g/mol. The van der Waals surface area contributed by atoms with E-state index in [1.165, 1.54) is 0 Å². The smallest absolute Gasteiger partial charge is 0.128 e. The number of piperazine rings is 1. The van der Waals surface area contributed by atoms with Gasteiger partial charge in [0.15, 0.2) is 0 Å². The summed E-state index contributed by atoms with van der Waals surface area (Å²) in [6.45, 7) is 10.5. The van der Waals surface area contributed by atoms with E-state index >= 15 is 0 Å². The van der Waals surface area contributed by atoms with E-state index in [9.17, 15) is 0 Å². The number of methoxy groups -OCH3 is 1. The molecule has 1 aromatic rings. The largest absolute Gasteiger partial charge is 0.383 e. The SMILES string of the molecule is COCCN1C(C)CN(c2cccc(C)n2)CC1C. The van der Waals surface area contributed by atoms with Crippen LogP contribution in [0.2, 0.25) is 0 Å². The van der Waals surface area contributed by atoms with Crippen LogP contribution in [-0.4, -0.2) is 55.3 Å². The minimum Gasteiger partial charge on any atom is -0.383 e. The molecule has 1 saturated heterocycles. The third-order valence-corrected chi connectivity index (χ3v) is 3.85. The molecule has 1 aliphatic rings. The molecule has 2 unspecified atom stereocenters. The number of hydrogen-bond acceptors (Lipinski definition) is 4. The lowest BCUT2D eigenvalue weighted by atomic mass is 10.1. The van der Waals surface area contributed by atoms with Gasteiger partial charge in [-0.05, 0) is 32.9 Å². The molecule has 0 saturated carbocycles. The Balaban J connectivity index is 2.04. The van der Waals surface area contributed by atoms with Gasteiger partial charge in [-0.15, -0.1) is 0 Å². The van der Waals surface area contributed by atoms with Crippen LogP contribution < -0.4 is 4.90 Å². The zero-order chi connectivity index (χ0) is 13.8. The molecule has 0 bridgehead atoms. The van der Waals surface area contributed by atoms with Crippen LogP contribution in [0.25, 0.3) is 0 Å². The van der Waals surface area contributed by atoms with E-state index in [0.717, 1.165) is 37.8 Å². The molecule has 0 spiro atoms. The quantitative estimate of drug-likeness (QED) is 0.830. The average Bonchev–Trinajstić information content (AvgIpc) is 2.37. The first-order valence-corrected chi connectivity index (χ1v) is 7.05. The van der Waals surface area contributed by atoms with Crippen molar-refractivity contribution in [2.75, 3.05) is 38.3 Å². The zero-order valence-electron chi connectivity index (χ0n) is 12.5. The van der Waals surface area contributed by atoms with Gasteiger partial charge in [0.05, 0.1) is 6.61 Å². The number of aromatic nitrogens is 1. The summed E-state index contributed by atoms with van der Waals surface area (Å²) < 4.78 is 5.20. The average molecular weight is 263 g/mol.